The van der Waals surface area contributed by atoms with E-state index in [9.17, 15) is 0 Å². The Morgan fingerprint density at radius 3 is 1.47 bits per heavy atom. The molecule has 0 unspecified atom stereocenters. The van der Waals surface area contributed by atoms with Crippen molar-refractivity contribution in [1.29, 1.82) is 0 Å². The van der Waals surface area contributed by atoms with Crippen molar-refractivity contribution in [2.75, 3.05) is 0 Å². The van der Waals surface area contributed by atoms with E-state index in [1.54, 1.807) is 0 Å². The Hall–Kier alpha value is 4.64. The minimum atomic E-state index is 0. The first-order valence-electron chi connectivity index (χ1n) is 5.35. The summed E-state index contributed by atoms with van der Waals surface area (Å²) >= 11 is 2.32. The van der Waals surface area contributed by atoms with Gasteiger partial charge in [-0.05, 0) is 11.5 Å². The predicted molar refractivity (Wildman–Crippen MR) is 69.8 cm³/mol. The number of hydrogen-bond donors (Lipinski definition) is 0. The zero-order valence-electron chi connectivity index (χ0n) is 12.0. The monoisotopic (exact) mass is 420 g/mol. The van der Waals surface area contributed by atoms with Crippen molar-refractivity contribution in [1.82, 2.24) is 0 Å². The topological polar surface area (TPSA) is 0 Å². The summed E-state index contributed by atoms with van der Waals surface area (Å²) in [7, 11) is 0. The normalized spacial score (nSPS) is 7.00. The van der Waals surface area contributed by atoms with E-state index in [2.05, 4.69) is 38.1 Å². The minimum absolute atomic E-state index is 0. The Bertz CT molecular complexity index is 173. The molecule has 0 spiro atoms. The fourth-order valence-corrected chi connectivity index (χ4v) is 0.838. The van der Waals surface area contributed by atoms with Gasteiger partial charge in [0.25, 0.3) is 0 Å². The Labute approximate surface area is 195 Å². The molecule has 0 aliphatic carbocycles. The van der Waals surface area contributed by atoms with Crippen molar-refractivity contribution in [2.45, 2.75) is 33.6 Å². The van der Waals surface area contributed by atoms with Crippen molar-refractivity contribution in [2.24, 2.45) is 0 Å². The average molecular weight is 422 g/mol. The van der Waals surface area contributed by atoms with Crippen molar-refractivity contribution in [3.8, 4) is 0 Å². The van der Waals surface area contributed by atoms with Crippen LogP contribution < -0.4 is 58.2 Å². The summed E-state index contributed by atoms with van der Waals surface area (Å²) in [4.78, 5) is 0. The predicted octanol–water partition coefficient (Wildman–Crippen LogP) is 0.529. The molecular formula is C12H21Rb3. The fraction of sp³-hybridized carbons (Fsp3) is 0.417. The maximum atomic E-state index is 2.20. The van der Waals surface area contributed by atoms with Gasteiger partial charge in [0.1, 0.15) is 0 Å². The maximum absolute atomic E-state index is 2.20. The van der Waals surface area contributed by atoms with E-state index in [1.165, 1.54) is 5.56 Å². The first kappa shape index (κ1) is 27.9. The third kappa shape index (κ3) is 18.6. The second-order valence-corrected chi connectivity index (χ2v) is 2.57. The van der Waals surface area contributed by atoms with Gasteiger partial charge in [-0.1, -0.05) is 58.0 Å². The van der Waals surface area contributed by atoms with Crippen LogP contribution in [0.1, 0.15) is 39.2 Å². The molecular weight excluding hydrogens is 401 g/mol. The zero-order valence-corrected chi connectivity index (χ0v) is 26.7. The van der Waals surface area contributed by atoms with Crippen LogP contribution in [-0.4, -0.2) is 67.7 Å². The summed E-state index contributed by atoms with van der Waals surface area (Å²) in [5.41, 5.74) is 1.41. The van der Waals surface area contributed by atoms with Gasteiger partial charge in [-0.3, -0.25) is 0 Å². The van der Waals surface area contributed by atoms with Gasteiger partial charge in [0.2, 0.25) is 0 Å². The fourth-order valence-electron chi connectivity index (χ4n) is 0.838. The van der Waals surface area contributed by atoms with E-state index in [4.69, 9.17) is 0 Å². The van der Waals surface area contributed by atoms with E-state index in [-0.39, 0.29) is 65.6 Å². The molecule has 72 valence electrons. The van der Waals surface area contributed by atoms with Gasteiger partial charge >= 0.3 is 126 Å². The number of rotatable bonds is 1. The summed E-state index contributed by atoms with van der Waals surface area (Å²) < 4.78 is 0. The Kier molecular flexibility index (Phi) is 44.1. The third-order valence-corrected chi connectivity index (χ3v) is 1.47. The molecule has 0 saturated carbocycles. The molecule has 0 amide bonds. The molecule has 0 heterocycles. The average Bonchev–Trinajstić information content (AvgIpc) is 2.25. The van der Waals surface area contributed by atoms with Gasteiger partial charge in [-0.15, -0.1) is 0 Å². The number of hydrogen-bond acceptors (Lipinski definition) is 0. The van der Waals surface area contributed by atoms with Crippen LogP contribution in [0.5, 0.6) is 0 Å². The molecule has 0 atom stereocenters. The van der Waals surface area contributed by atoms with Gasteiger partial charge in [-0.2, -0.15) is 0 Å². The summed E-state index contributed by atoms with van der Waals surface area (Å²) in [5, 5.41) is 0. The molecule has 0 radical (unpaired) electrons. The molecule has 1 rings (SSSR count). The standard InChI is InChI=1S/C9H12.C2H6.CH3.3Rb/c1-8(2)9-6-4-3-5-7-9;1-2;;;;/h3-8H,1-2H3;1-2H3;1H3;;;/q;;-1;;;+1. The Morgan fingerprint density at radius 1 is 0.933 bits per heavy atom. The van der Waals surface area contributed by atoms with Crippen LogP contribution >= 0.6 is 0 Å². The van der Waals surface area contributed by atoms with E-state index >= 15 is 0 Å². The van der Waals surface area contributed by atoms with Gasteiger partial charge in [0, 0.05) is 0 Å². The van der Waals surface area contributed by atoms with E-state index in [0.717, 1.165) is 67.7 Å². The summed E-state index contributed by atoms with van der Waals surface area (Å²) in [6.45, 7) is 8.41. The van der Waals surface area contributed by atoms with Crippen molar-refractivity contribution < 1.29 is 58.2 Å². The molecule has 1 aromatic carbocycles. The second kappa shape index (κ2) is 23.7. The Balaban J connectivity index is -0.0000000910. The molecule has 0 aliphatic heterocycles. The first-order chi connectivity index (χ1) is 6.30. The van der Waals surface area contributed by atoms with Gasteiger partial charge in [0.15, 0.2) is 0 Å². The second-order valence-electron chi connectivity index (χ2n) is 2.57. The SMILES string of the molecule is CC.CC(C)c1ccccc1.[CH3-].[Rb+].[Rb][Rb]. The van der Waals surface area contributed by atoms with Gasteiger partial charge < -0.3 is 7.43 Å². The van der Waals surface area contributed by atoms with Crippen LogP contribution in [0.3, 0.4) is 0 Å². The van der Waals surface area contributed by atoms with Crippen LogP contribution in [0.15, 0.2) is 30.3 Å². The van der Waals surface area contributed by atoms with Crippen molar-refractivity contribution >= 4 is 67.7 Å². The van der Waals surface area contributed by atoms with Crippen LogP contribution in [0.25, 0.3) is 0 Å². The molecule has 1 aromatic rings. The van der Waals surface area contributed by atoms with Gasteiger partial charge in [-0.25, -0.2) is 0 Å². The molecule has 0 aliphatic rings. The van der Waals surface area contributed by atoms with E-state index < -0.39 is 0 Å². The van der Waals surface area contributed by atoms with Crippen LogP contribution in [0.2, 0.25) is 0 Å². The van der Waals surface area contributed by atoms with Crippen molar-refractivity contribution in [3.05, 3.63) is 43.3 Å². The molecule has 0 fully saturated rings. The molecule has 0 N–H and O–H groups in total. The molecule has 15 heavy (non-hydrogen) atoms. The zero-order chi connectivity index (χ0) is 10.7. The van der Waals surface area contributed by atoms with Crippen LogP contribution in [0, 0.1) is 7.43 Å². The van der Waals surface area contributed by atoms with Crippen LogP contribution in [-0.2, 0) is 0 Å². The summed E-state index contributed by atoms with van der Waals surface area (Å²) in [5.74, 6) is 0.659. The molecule has 3 heteroatoms. The molecule has 0 saturated heterocycles. The third-order valence-electron chi connectivity index (χ3n) is 1.47. The van der Waals surface area contributed by atoms with E-state index in [0.29, 0.717) is 5.92 Å². The first-order valence-corrected chi connectivity index (χ1v) is 39.4. The van der Waals surface area contributed by atoms with E-state index in [1.807, 2.05) is 19.9 Å². The molecule has 0 aromatic heterocycles. The Morgan fingerprint density at radius 2 is 1.27 bits per heavy atom. The summed E-state index contributed by atoms with van der Waals surface area (Å²) in [6.07, 6.45) is 0. The van der Waals surface area contributed by atoms with Crippen LogP contribution in [0.4, 0.5) is 0 Å². The molecule has 0 nitrogen and oxygen atoms in total. The molecule has 0 bridgehead atoms. The quantitative estimate of drug-likeness (QED) is 0.581. The van der Waals surface area contributed by atoms with Gasteiger partial charge in [0.05, 0.1) is 0 Å². The summed E-state index contributed by atoms with van der Waals surface area (Å²) in [6, 6.07) is 10.5. The van der Waals surface area contributed by atoms with Crippen molar-refractivity contribution in [3.63, 3.8) is 0 Å². The number of benzene rings is 1.